The zero-order chi connectivity index (χ0) is 54.3. The minimum absolute atomic E-state index is 0.121. The van der Waals surface area contributed by atoms with Crippen LogP contribution in [-0.4, -0.2) is 37.2 Å². The van der Waals surface area contributed by atoms with Gasteiger partial charge in [0.15, 0.2) is 6.10 Å². The van der Waals surface area contributed by atoms with Crippen molar-refractivity contribution >= 4 is 17.9 Å². The molecule has 0 N–H and O–H groups in total. The quantitative estimate of drug-likeness (QED) is 0.0261. The molecule has 6 heteroatoms. The molecule has 0 saturated heterocycles. The topological polar surface area (TPSA) is 78.9 Å². The molecule has 0 fully saturated rings. The van der Waals surface area contributed by atoms with Crippen molar-refractivity contribution in [2.24, 2.45) is 0 Å². The van der Waals surface area contributed by atoms with E-state index < -0.39 is 6.10 Å². The van der Waals surface area contributed by atoms with Gasteiger partial charge in [-0.3, -0.25) is 14.4 Å². The first-order valence-corrected chi connectivity index (χ1v) is 29.6. The fraction of sp³-hybridized carbons (Fsp3) is 0.551. The Hall–Kier alpha value is -5.23. The van der Waals surface area contributed by atoms with Crippen molar-refractivity contribution in [1.82, 2.24) is 0 Å². The third kappa shape index (κ3) is 59.5. The Morgan fingerprint density at radius 2 is 0.493 bits per heavy atom. The molecule has 0 amide bonds. The van der Waals surface area contributed by atoms with Gasteiger partial charge in [-0.05, 0) is 141 Å². The van der Waals surface area contributed by atoms with Crippen LogP contribution in [0.1, 0.15) is 226 Å². The van der Waals surface area contributed by atoms with Crippen LogP contribution in [0, 0.1) is 0 Å². The molecule has 0 aromatic heterocycles. The second-order valence-electron chi connectivity index (χ2n) is 18.8. The Kier molecular flexibility index (Phi) is 57.0. The highest BCUT2D eigenvalue weighted by molar-refractivity contribution is 5.71. The number of ether oxygens (including phenoxy) is 3. The molecule has 418 valence electrons. The van der Waals surface area contributed by atoms with E-state index in [4.69, 9.17) is 14.2 Å². The lowest BCUT2D eigenvalue weighted by molar-refractivity contribution is -0.167. The number of unbranched alkanes of at least 4 members (excludes halogenated alkanes) is 12. The van der Waals surface area contributed by atoms with Crippen LogP contribution in [0.5, 0.6) is 0 Å². The first-order chi connectivity index (χ1) is 37.0. The molecule has 0 radical (unpaired) electrons. The summed E-state index contributed by atoms with van der Waals surface area (Å²) in [6, 6.07) is 0. The normalized spacial score (nSPS) is 13.4. The van der Waals surface area contributed by atoms with Crippen LogP contribution >= 0.6 is 0 Å². The number of carbonyl (C=O) groups is 3. The highest BCUT2D eigenvalue weighted by Crippen LogP contribution is 2.13. The molecule has 0 aliphatic carbocycles. The van der Waals surface area contributed by atoms with Gasteiger partial charge < -0.3 is 14.2 Å². The van der Waals surface area contributed by atoms with Gasteiger partial charge in [0, 0.05) is 19.3 Å². The van der Waals surface area contributed by atoms with Gasteiger partial charge in [-0.1, -0.05) is 236 Å². The van der Waals surface area contributed by atoms with E-state index in [0.717, 1.165) is 167 Å². The molecule has 6 nitrogen and oxygen atoms in total. The molecule has 0 heterocycles. The molecule has 0 spiro atoms. The van der Waals surface area contributed by atoms with E-state index >= 15 is 0 Å². The number of hydrogen-bond acceptors (Lipinski definition) is 6. The zero-order valence-corrected chi connectivity index (χ0v) is 47.7. The molecule has 1 atom stereocenters. The number of carbonyl (C=O) groups excluding carboxylic acids is 3. The minimum atomic E-state index is -0.828. The maximum absolute atomic E-state index is 12.9. The van der Waals surface area contributed by atoms with Crippen LogP contribution in [0.4, 0.5) is 0 Å². The number of esters is 3. The molecule has 0 saturated carbocycles. The van der Waals surface area contributed by atoms with E-state index in [1.54, 1.807) is 0 Å². The lowest BCUT2D eigenvalue weighted by Gasteiger charge is -2.18. The smallest absolute Gasteiger partial charge is 0.306 e. The molecule has 0 aromatic rings. The Bertz CT molecular complexity index is 1750. The number of rotatable bonds is 51. The van der Waals surface area contributed by atoms with Gasteiger partial charge in [-0.25, -0.2) is 0 Å². The van der Waals surface area contributed by atoms with Crippen molar-refractivity contribution in [2.75, 3.05) is 13.2 Å². The second kappa shape index (κ2) is 61.3. The van der Waals surface area contributed by atoms with E-state index in [1.165, 1.54) is 12.8 Å². The summed E-state index contributed by atoms with van der Waals surface area (Å²) in [6.07, 6.45) is 90.6. The summed E-state index contributed by atoms with van der Waals surface area (Å²) in [4.78, 5) is 38.2. The molecule has 1 unspecified atom stereocenters. The van der Waals surface area contributed by atoms with Crippen molar-refractivity contribution in [1.29, 1.82) is 0 Å². The van der Waals surface area contributed by atoms with E-state index in [0.29, 0.717) is 12.8 Å². The van der Waals surface area contributed by atoms with Crippen molar-refractivity contribution in [3.8, 4) is 0 Å². The van der Waals surface area contributed by atoms with Crippen LogP contribution < -0.4 is 0 Å². The molecule has 75 heavy (non-hydrogen) atoms. The highest BCUT2D eigenvalue weighted by atomic mass is 16.6. The molecule has 0 aromatic carbocycles. The molecular weight excluding hydrogens is 925 g/mol. The fourth-order valence-corrected chi connectivity index (χ4v) is 7.38. The maximum atomic E-state index is 12.9. The highest BCUT2D eigenvalue weighted by Gasteiger charge is 2.19. The Labute approximate surface area is 460 Å². The lowest BCUT2D eigenvalue weighted by Crippen LogP contribution is -2.30. The third-order valence-corrected chi connectivity index (χ3v) is 11.7. The third-order valence-electron chi connectivity index (χ3n) is 11.7. The van der Waals surface area contributed by atoms with Crippen molar-refractivity contribution < 1.29 is 28.6 Å². The summed E-state index contributed by atoms with van der Waals surface area (Å²) in [5.74, 6) is -1.02. The van der Waals surface area contributed by atoms with E-state index in [1.807, 2.05) is 0 Å². The number of allylic oxidation sites excluding steroid dienone is 28. The van der Waals surface area contributed by atoms with Gasteiger partial charge in [-0.2, -0.15) is 0 Å². The summed E-state index contributed by atoms with van der Waals surface area (Å²) in [5, 5.41) is 0. The van der Waals surface area contributed by atoms with Gasteiger partial charge in [0.1, 0.15) is 13.2 Å². The van der Waals surface area contributed by atoms with Crippen LogP contribution in [-0.2, 0) is 28.6 Å². The predicted octanol–water partition coefficient (Wildman–Crippen LogP) is 20.3. The molecule has 0 aliphatic rings. The van der Waals surface area contributed by atoms with Crippen LogP contribution in [0.3, 0.4) is 0 Å². The fourth-order valence-electron chi connectivity index (χ4n) is 7.38. The Balaban J connectivity index is 4.57. The molecular formula is C69H106O6. The average molecular weight is 1030 g/mol. The van der Waals surface area contributed by atoms with Crippen LogP contribution in [0.25, 0.3) is 0 Å². The van der Waals surface area contributed by atoms with Gasteiger partial charge >= 0.3 is 17.9 Å². The summed E-state index contributed by atoms with van der Waals surface area (Å²) in [6.45, 7) is 6.21. The predicted molar refractivity (Wildman–Crippen MR) is 325 cm³/mol. The minimum Gasteiger partial charge on any atom is -0.462 e. The molecule has 0 aliphatic heterocycles. The first-order valence-electron chi connectivity index (χ1n) is 29.6. The standard InChI is InChI=1S/C69H106O6/c1-4-7-10-13-16-19-22-25-28-31-33-34-36-38-41-44-47-50-53-56-59-62-68(71)74-65-66(64-73-67(70)61-58-55-52-49-46-43-40-37-30-27-24-21-18-15-12-9-6-3)75-69(72)63-60-57-54-51-48-45-42-39-35-32-29-26-23-20-17-14-11-8-5-2/h7-12,16-21,25-30,33-35,38-41,43,49,52,66H,4-6,13-15,22-24,31-32,36-37,42,44-48,50-51,53-65H2,1-3H3/b10-7-,11-8-,12-9-,19-16-,20-17-,21-18-,28-25-,29-26-,30-27-,34-33-,39-35-,41-38-,43-40-,52-49-. The number of hydrogen-bond donors (Lipinski definition) is 0. The van der Waals surface area contributed by atoms with Crippen LogP contribution in [0.15, 0.2) is 170 Å². The van der Waals surface area contributed by atoms with Gasteiger partial charge in [0.25, 0.3) is 0 Å². The zero-order valence-electron chi connectivity index (χ0n) is 47.7. The van der Waals surface area contributed by atoms with Gasteiger partial charge in [0.05, 0.1) is 0 Å². The molecule has 0 rings (SSSR count). The summed E-state index contributed by atoms with van der Waals surface area (Å²) in [7, 11) is 0. The first kappa shape index (κ1) is 69.8. The Morgan fingerprint density at radius 3 is 0.800 bits per heavy atom. The average Bonchev–Trinajstić information content (AvgIpc) is 3.41. The monoisotopic (exact) mass is 1030 g/mol. The van der Waals surface area contributed by atoms with Crippen LogP contribution in [0.2, 0.25) is 0 Å². The van der Waals surface area contributed by atoms with Crippen molar-refractivity contribution in [3.63, 3.8) is 0 Å². The second-order valence-corrected chi connectivity index (χ2v) is 18.8. The van der Waals surface area contributed by atoms with Crippen molar-refractivity contribution in [3.05, 3.63) is 170 Å². The summed E-state index contributed by atoms with van der Waals surface area (Å²) >= 11 is 0. The maximum Gasteiger partial charge on any atom is 0.306 e. The summed E-state index contributed by atoms with van der Waals surface area (Å²) in [5.41, 5.74) is 0. The summed E-state index contributed by atoms with van der Waals surface area (Å²) < 4.78 is 16.8. The molecule has 0 bridgehead atoms. The van der Waals surface area contributed by atoms with Crippen molar-refractivity contribution in [2.45, 2.75) is 232 Å². The van der Waals surface area contributed by atoms with Gasteiger partial charge in [-0.15, -0.1) is 0 Å². The van der Waals surface area contributed by atoms with E-state index in [2.05, 4.69) is 191 Å². The Morgan fingerprint density at radius 1 is 0.267 bits per heavy atom. The van der Waals surface area contributed by atoms with E-state index in [-0.39, 0.29) is 44.0 Å². The van der Waals surface area contributed by atoms with E-state index in [9.17, 15) is 14.4 Å². The van der Waals surface area contributed by atoms with Gasteiger partial charge in [0.2, 0.25) is 0 Å². The lowest BCUT2D eigenvalue weighted by atomic mass is 10.1. The SMILES string of the molecule is CC/C=C\C/C=C\C/C=C\C/C=C\C/C=C\CCCCCCCC(=O)OCC(COC(=O)CCC/C=C\C/C=C\C/C=C\C/C=C\C/C=C\CC)OC(=O)CCCCCCCC/C=C\C/C=C\C/C=C\C/C=C\CC. The largest absolute Gasteiger partial charge is 0.462 e.